The van der Waals surface area contributed by atoms with Crippen LogP contribution in [0.4, 0.5) is 0 Å². The molecule has 1 heterocycles. The number of rotatable bonds is 4. The Morgan fingerprint density at radius 3 is 2.57 bits per heavy atom. The molecule has 0 amide bonds. The summed E-state index contributed by atoms with van der Waals surface area (Å²) in [5.41, 5.74) is 2.91. The van der Waals surface area contributed by atoms with Crippen molar-refractivity contribution in [3.05, 3.63) is 75.6 Å². The first-order chi connectivity index (χ1) is 11.0. The number of aliphatic hydroxyl groups excluding tert-OH is 1. The summed E-state index contributed by atoms with van der Waals surface area (Å²) < 4.78 is 10.8. The van der Waals surface area contributed by atoms with Gasteiger partial charge in [-0.15, -0.1) is 0 Å². The van der Waals surface area contributed by atoms with Crippen LogP contribution in [0.15, 0.2) is 57.7 Å². The highest BCUT2D eigenvalue weighted by Gasteiger charge is 2.09. The highest BCUT2D eigenvalue weighted by Crippen LogP contribution is 2.23. The number of benzene rings is 2. The van der Waals surface area contributed by atoms with Crippen LogP contribution < -0.4 is 10.4 Å². The second kappa shape index (κ2) is 6.26. The lowest BCUT2D eigenvalue weighted by molar-refractivity contribution is 0.108. The standard InChI is InChI=1S/C19H18O4/c1-12-3-5-14(6-4-12)17(20)11-22-15-7-8-16-13(2)9-19(21)23-18(16)10-15/h3-10,17,20H,11H2,1-2H3. The van der Waals surface area contributed by atoms with E-state index < -0.39 is 6.10 Å². The van der Waals surface area contributed by atoms with E-state index in [9.17, 15) is 9.90 Å². The summed E-state index contributed by atoms with van der Waals surface area (Å²) in [4.78, 5) is 11.4. The van der Waals surface area contributed by atoms with Crippen molar-refractivity contribution in [2.45, 2.75) is 20.0 Å². The summed E-state index contributed by atoms with van der Waals surface area (Å²) in [6.07, 6.45) is -0.712. The average Bonchev–Trinajstić information content (AvgIpc) is 2.52. The third kappa shape index (κ3) is 3.43. The number of aliphatic hydroxyl groups is 1. The Morgan fingerprint density at radius 2 is 1.83 bits per heavy atom. The fraction of sp³-hybridized carbons (Fsp3) is 0.211. The van der Waals surface area contributed by atoms with Crippen LogP contribution in [0.5, 0.6) is 5.75 Å². The van der Waals surface area contributed by atoms with Gasteiger partial charge in [-0.25, -0.2) is 4.79 Å². The van der Waals surface area contributed by atoms with Crippen LogP contribution in [-0.4, -0.2) is 11.7 Å². The molecular weight excluding hydrogens is 292 g/mol. The van der Waals surface area contributed by atoms with Gasteiger partial charge in [0.05, 0.1) is 0 Å². The zero-order chi connectivity index (χ0) is 16.4. The Labute approximate surface area is 134 Å². The van der Waals surface area contributed by atoms with Crippen LogP contribution >= 0.6 is 0 Å². The number of hydrogen-bond acceptors (Lipinski definition) is 4. The monoisotopic (exact) mass is 310 g/mol. The SMILES string of the molecule is Cc1ccc(C(O)COc2ccc3c(C)cc(=O)oc3c2)cc1. The normalized spacial score (nSPS) is 12.3. The average molecular weight is 310 g/mol. The largest absolute Gasteiger partial charge is 0.490 e. The van der Waals surface area contributed by atoms with E-state index in [1.54, 1.807) is 12.1 Å². The van der Waals surface area contributed by atoms with Crippen molar-refractivity contribution in [3.8, 4) is 5.75 Å². The van der Waals surface area contributed by atoms with Crippen molar-refractivity contribution in [1.82, 2.24) is 0 Å². The Morgan fingerprint density at radius 1 is 1.09 bits per heavy atom. The highest BCUT2D eigenvalue weighted by molar-refractivity contribution is 5.81. The molecule has 3 rings (SSSR count). The third-order valence-corrected chi connectivity index (χ3v) is 3.79. The van der Waals surface area contributed by atoms with Gasteiger partial charge >= 0.3 is 5.63 Å². The topological polar surface area (TPSA) is 59.7 Å². The minimum Gasteiger partial charge on any atom is -0.490 e. The van der Waals surface area contributed by atoms with Gasteiger partial charge in [0, 0.05) is 17.5 Å². The molecule has 0 saturated heterocycles. The predicted octanol–water partition coefficient (Wildman–Crippen LogP) is 3.52. The van der Waals surface area contributed by atoms with Gasteiger partial charge < -0.3 is 14.3 Å². The van der Waals surface area contributed by atoms with Crippen LogP contribution in [-0.2, 0) is 0 Å². The van der Waals surface area contributed by atoms with Crippen molar-refractivity contribution >= 4 is 11.0 Å². The molecule has 0 aliphatic rings. The molecule has 0 fully saturated rings. The van der Waals surface area contributed by atoms with Crippen molar-refractivity contribution < 1.29 is 14.3 Å². The van der Waals surface area contributed by atoms with Gasteiger partial charge in [-0.2, -0.15) is 0 Å². The summed E-state index contributed by atoms with van der Waals surface area (Å²) in [5, 5.41) is 11.0. The second-order valence-corrected chi connectivity index (χ2v) is 5.64. The molecule has 0 aliphatic heterocycles. The Hall–Kier alpha value is -2.59. The maximum Gasteiger partial charge on any atom is 0.336 e. The van der Waals surface area contributed by atoms with Gasteiger partial charge in [0.2, 0.25) is 0 Å². The maximum atomic E-state index is 11.4. The quantitative estimate of drug-likeness (QED) is 0.749. The van der Waals surface area contributed by atoms with E-state index in [0.717, 1.165) is 22.1 Å². The molecule has 1 unspecified atom stereocenters. The molecule has 0 bridgehead atoms. The lowest BCUT2D eigenvalue weighted by Crippen LogP contribution is -2.09. The van der Waals surface area contributed by atoms with Crippen molar-refractivity contribution in [3.63, 3.8) is 0 Å². The lowest BCUT2D eigenvalue weighted by atomic mass is 10.1. The van der Waals surface area contributed by atoms with Gasteiger partial charge in [-0.05, 0) is 37.1 Å². The smallest absolute Gasteiger partial charge is 0.336 e. The number of fused-ring (bicyclic) bond motifs is 1. The fourth-order valence-corrected chi connectivity index (χ4v) is 2.46. The zero-order valence-electron chi connectivity index (χ0n) is 13.1. The van der Waals surface area contributed by atoms with Crippen molar-refractivity contribution in [2.24, 2.45) is 0 Å². The Bertz CT molecular complexity index is 878. The lowest BCUT2D eigenvalue weighted by Gasteiger charge is -2.13. The first-order valence-corrected chi connectivity index (χ1v) is 7.45. The van der Waals surface area contributed by atoms with E-state index >= 15 is 0 Å². The maximum absolute atomic E-state index is 11.4. The Kier molecular flexibility index (Phi) is 4.17. The van der Waals surface area contributed by atoms with Gasteiger partial charge in [-0.3, -0.25) is 0 Å². The van der Waals surface area contributed by atoms with Crippen LogP contribution in [0.1, 0.15) is 22.8 Å². The summed E-state index contributed by atoms with van der Waals surface area (Å²) in [7, 11) is 0. The third-order valence-electron chi connectivity index (χ3n) is 3.79. The van der Waals surface area contributed by atoms with Gasteiger partial charge in [-0.1, -0.05) is 29.8 Å². The summed E-state index contributed by atoms with van der Waals surface area (Å²) in [6, 6.07) is 14.4. The van der Waals surface area contributed by atoms with Gasteiger partial charge in [0.1, 0.15) is 24.0 Å². The molecule has 1 atom stereocenters. The molecule has 0 saturated carbocycles. The molecule has 0 radical (unpaired) electrons. The minimum absolute atomic E-state index is 0.130. The molecule has 4 nitrogen and oxygen atoms in total. The van der Waals surface area contributed by atoms with E-state index in [1.165, 1.54) is 6.07 Å². The summed E-state index contributed by atoms with van der Waals surface area (Å²) in [6.45, 7) is 3.99. The van der Waals surface area contributed by atoms with Crippen molar-refractivity contribution in [1.29, 1.82) is 0 Å². The van der Waals surface area contributed by atoms with E-state index in [0.29, 0.717) is 11.3 Å². The van der Waals surface area contributed by atoms with Gasteiger partial charge in [0.25, 0.3) is 0 Å². The molecule has 3 aromatic rings. The van der Waals surface area contributed by atoms with E-state index in [1.807, 2.05) is 44.2 Å². The van der Waals surface area contributed by atoms with Crippen molar-refractivity contribution in [2.75, 3.05) is 6.61 Å². The van der Waals surface area contributed by atoms with E-state index in [4.69, 9.17) is 9.15 Å². The van der Waals surface area contributed by atoms with Crippen LogP contribution in [0.3, 0.4) is 0 Å². The van der Waals surface area contributed by atoms with E-state index in [-0.39, 0.29) is 12.2 Å². The van der Waals surface area contributed by atoms with Crippen LogP contribution in [0.2, 0.25) is 0 Å². The van der Waals surface area contributed by atoms with E-state index in [2.05, 4.69) is 0 Å². The molecule has 118 valence electrons. The molecule has 1 aromatic heterocycles. The molecule has 4 heteroatoms. The fourth-order valence-electron chi connectivity index (χ4n) is 2.46. The minimum atomic E-state index is -0.712. The number of ether oxygens (including phenoxy) is 1. The highest BCUT2D eigenvalue weighted by atomic mass is 16.5. The molecular formula is C19H18O4. The number of aryl methyl sites for hydroxylation is 2. The molecule has 23 heavy (non-hydrogen) atoms. The zero-order valence-corrected chi connectivity index (χ0v) is 13.1. The summed E-state index contributed by atoms with van der Waals surface area (Å²) in [5.74, 6) is 0.553. The first-order valence-electron chi connectivity index (χ1n) is 7.45. The predicted molar refractivity (Wildman–Crippen MR) is 88.9 cm³/mol. The Balaban J connectivity index is 1.76. The first kappa shape index (κ1) is 15.3. The molecule has 0 spiro atoms. The van der Waals surface area contributed by atoms with Crippen LogP contribution in [0, 0.1) is 13.8 Å². The van der Waals surface area contributed by atoms with Crippen LogP contribution in [0.25, 0.3) is 11.0 Å². The second-order valence-electron chi connectivity index (χ2n) is 5.64. The molecule has 0 aliphatic carbocycles. The number of hydrogen-bond donors (Lipinski definition) is 1. The summed E-state index contributed by atoms with van der Waals surface area (Å²) >= 11 is 0. The molecule has 1 N–H and O–H groups in total. The van der Waals surface area contributed by atoms with Gasteiger partial charge in [0.15, 0.2) is 0 Å². The molecule has 2 aromatic carbocycles.